The number of rotatable bonds is 4. The first-order valence-corrected chi connectivity index (χ1v) is 7.25. The molecular formula is C14H17BrN2O3. The Balaban J connectivity index is 2.13. The molecule has 1 saturated heterocycles. The third kappa shape index (κ3) is 3.58. The lowest BCUT2D eigenvalue weighted by Crippen LogP contribution is -2.55. The summed E-state index contributed by atoms with van der Waals surface area (Å²) in [5, 5.41) is 11.7. The lowest BCUT2D eigenvalue weighted by Gasteiger charge is -2.34. The number of carboxylic acid groups (broad SMARTS) is 1. The molecule has 1 atom stereocenters. The number of benzene rings is 1. The fourth-order valence-corrected chi connectivity index (χ4v) is 2.73. The Hall–Kier alpha value is -1.40. The topological polar surface area (TPSA) is 69.6 Å². The Morgan fingerprint density at radius 1 is 1.55 bits per heavy atom. The zero-order chi connectivity index (χ0) is 14.7. The second kappa shape index (κ2) is 6.37. The highest BCUT2D eigenvalue weighted by Crippen LogP contribution is 2.20. The summed E-state index contributed by atoms with van der Waals surface area (Å²) < 4.78 is 1.02. The van der Waals surface area contributed by atoms with Gasteiger partial charge in [0.05, 0.1) is 6.42 Å². The van der Waals surface area contributed by atoms with Crippen molar-refractivity contribution in [1.82, 2.24) is 10.2 Å². The average Bonchev–Trinajstić information content (AvgIpc) is 2.38. The molecule has 1 aliphatic rings. The van der Waals surface area contributed by atoms with E-state index in [2.05, 4.69) is 21.2 Å². The molecule has 20 heavy (non-hydrogen) atoms. The minimum atomic E-state index is -0.956. The Labute approximate surface area is 126 Å². The van der Waals surface area contributed by atoms with Gasteiger partial charge in [0.15, 0.2) is 0 Å². The van der Waals surface area contributed by atoms with Gasteiger partial charge >= 0.3 is 5.97 Å². The van der Waals surface area contributed by atoms with Crippen molar-refractivity contribution in [1.29, 1.82) is 0 Å². The molecule has 1 fully saturated rings. The molecule has 5 nitrogen and oxygen atoms in total. The SMILES string of the molecule is Cc1ccc(CN2CCNC(=O)C2CC(=O)O)cc1Br. The summed E-state index contributed by atoms with van der Waals surface area (Å²) in [7, 11) is 0. The van der Waals surface area contributed by atoms with Crippen molar-refractivity contribution in [2.24, 2.45) is 0 Å². The van der Waals surface area contributed by atoms with Gasteiger partial charge in [-0.1, -0.05) is 28.1 Å². The number of nitrogens with zero attached hydrogens (tertiary/aromatic N) is 1. The standard InChI is InChI=1S/C14H17BrN2O3/c1-9-2-3-10(6-11(9)15)8-17-5-4-16-14(20)12(17)7-13(18)19/h2-3,6,12H,4-5,7-8H2,1H3,(H,16,20)(H,18,19). The number of aryl methyl sites for hydroxylation is 1. The van der Waals surface area contributed by atoms with E-state index in [1.165, 1.54) is 0 Å². The summed E-state index contributed by atoms with van der Waals surface area (Å²) in [4.78, 5) is 24.6. The second-order valence-corrected chi connectivity index (χ2v) is 5.81. The van der Waals surface area contributed by atoms with Crippen LogP contribution in [-0.4, -0.2) is 41.0 Å². The quantitative estimate of drug-likeness (QED) is 0.872. The molecule has 1 heterocycles. The van der Waals surface area contributed by atoms with E-state index in [-0.39, 0.29) is 12.3 Å². The number of hydrogen-bond acceptors (Lipinski definition) is 3. The molecule has 0 aliphatic carbocycles. The van der Waals surface area contributed by atoms with Crippen LogP contribution in [0.1, 0.15) is 17.5 Å². The Morgan fingerprint density at radius 3 is 2.95 bits per heavy atom. The van der Waals surface area contributed by atoms with E-state index in [1.54, 1.807) is 0 Å². The minimum Gasteiger partial charge on any atom is -0.481 e. The first-order valence-electron chi connectivity index (χ1n) is 6.46. The van der Waals surface area contributed by atoms with Crippen LogP contribution in [-0.2, 0) is 16.1 Å². The van der Waals surface area contributed by atoms with E-state index in [0.717, 1.165) is 15.6 Å². The van der Waals surface area contributed by atoms with E-state index < -0.39 is 12.0 Å². The molecule has 0 radical (unpaired) electrons. The highest BCUT2D eigenvalue weighted by atomic mass is 79.9. The first-order chi connectivity index (χ1) is 9.47. The lowest BCUT2D eigenvalue weighted by atomic mass is 10.1. The molecule has 0 spiro atoms. The van der Waals surface area contributed by atoms with E-state index in [4.69, 9.17) is 5.11 Å². The summed E-state index contributed by atoms with van der Waals surface area (Å²) in [5.74, 6) is -1.16. The number of aliphatic carboxylic acids is 1. The van der Waals surface area contributed by atoms with Gasteiger partial charge in [0.2, 0.25) is 5.91 Å². The van der Waals surface area contributed by atoms with Gasteiger partial charge in [0.1, 0.15) is 6.04 Å². The zero-order valence-corrected chi connectivity index (χ0v) is 12.8. The molecule has 0 bridgehead atoms. The van der Waals surface area contributed by atoms with Crippen LogP contribution in [0.3, 0.4) is 0 Å². The van der Waals surface area contributed by atoms with Crippen molar-refractivity contribution in [2.45, 2.75) is 25.9 Å². The molecular weight excluding hydrogens is 324 g/mol. The zero-order valence-electron chi connectivity index (χ0n) is 11.2. The van der Waals surface area contributed by atoms with Crippen LogP contribution in [0.25, 0.3) is 0 Å². The fourth-order valence-electron chi connectivity index (χ4n) is 2.31. The first kappa shape index (κ1) is 15.0. The molecule has 2 N–H and O–H groups in total. The van der Waals surface area contributed by atoms with Crippen LogP contribution < -0.4 is 5.32 Å². The van der Waals surface area contributed by atoms with Crippen molar-refractivity contribution in [3.8, 4) is 0 Å². The highest BCUT2D eigenvalue weighted by Gasteiger charge is 2.31. The number of halogens is 1. The minimum absolute atomic E-state index is 0.168. The van der Waals surface area contributed by atoms with Crippen molar-refractivity contribution < 1.29 is 14.7 Å². The average molecular weight is 341 g/mol. The van der Waals surface area contributed by atoms with Crippen LogP contribution in [0, 0.1) is 6.92 Å². The second-order valence-electron chi connectivity index (χ2n) is 4.96. The van der Waals surface area contributed by atoms with Crippen molar-refractivity contribution >= 4 is 27.8 Å². The number of carbonyl (C=O) groups excluding carboxylic acids is 1. The number of amides is 1. The third-order valence-corrected chi connectivity index (χ3v) is 4.29. The van der Waals surface area contributed by atoms with Crippen LogP contribution in [0.2, 0.25) is 0 Å². The van der Waals surface area contributed by atoms with Crippen LogP contribution >= 0.6 is 15.9 Å². The van der Waals surface area contributed by atoms with E-state index in [9.17, 15) is 9.59 Å². The maximum atomic E-state index is 11.8. The predicted molar refractivity (Wildman–Crippen MR) is 78.3 cm³/mol. The van der Waals surface area contributed by atoms with Crippen LogP contribution in [0.5, 0.6) is 0 Å². The van der Waals surface area contributed by atoms with Gasteiger partial charge in [-0.15, -0.1) is 0 Å². The summed E-state index contributed by atoms with van der Waals surface area (Å²) in [6, 6.07) is 5.43. The number of hydrogen-bond donors (Lipinski definition) is 2. The normalized spacial score (nSPS) is 19.7. The van der Waals surface area contributed by atoms with E-state index >= 15 is 0 Å². The number of piperazine rings is 1. The molecule has 2 rings (SSSR count). The Bertz CT molecular complexity index is 533. The van der Waals surface area contributed by atoms with Gasteiger partial charge in [0.25, 0.3) is 0 Å². The smallest absolute Gasteiger partial charge is 0.305 e. The lowest BCUT2D eigenvalue weighted by molar-refractivity contribution is -0.143. The molecule has 6 heteroatoms. The van der Waals surface area contributed by atoms with Gasteiger partial charge in [-0.2, -0.15) is 0 Å². The maximum Gasteiger partial charge on any atom is 0.305 e. The molecule has 1 unspecified atom stereocenters. The van der Waals surface area contributed by atoms with Gasteiger partial charge in [-0.3, -0.25) is 14.5 Å². The van der Waals surface area contributed by atoms with Crippen LogP contribution in [0.15, 0.2) is 22.7 Å². The van der Waals surface area contributed by atoms with E-state index in [1.807, 2.05) is 30.0 Å². The largest absolute Gasteiger partial charge is 0.481 e. The summed E-state index contributed by atoms with van der Waals surface area (Å²) >= 11 is 3.49. The number of nitrogens with one attached hydrogen (secondary N) is 1. The molecule has 1 aromatic rings. The molecule has 1 amide bonds. The maximum absolute atomic E-state index is 11.8. The van der Waals surface area contributed by atoms with Crippen molar-refractivity contribution in [3.05, 3.63) is 33.8 Å². The van der Waals surface area contributed by atoms with Crippen LogP contribution in [0.4, 0.5) is 0 Å². The van der Waals surface area contributed by atoms with Crippen molar-refractivity contribution in [3.63, 3.8) is 0 Å². The van der Waals surface area contributed by atoms with E-state index in [0.29, 0.717) is 19.6 Å². The molecule has 1 aromatic carbocycles. The molecule has 0 aromatic heterocycles. The predicted octanol–water partition coefficient (Wildman–Crippen LogP) is 1.53. The monoisotopic (exact) mass is 340 g/mol. The fraction of sp³-hybridized carbons (Fsp3) is 0.429. The third-order valence-electron chi connectivity index (χ3n) is 3.43. The highest BCUT2D eigenvalue weighted by molar-refractivity contribution is 9.10. The van der Waals surface area contributed by atoms with Gasteiger partial charge in [-0.25, -0.2) is 0 Å². The Morgan fingerprint density at radius 2 is 2.30 bits per heavy atom. The number of carbonyl (C=O) groups is 2. The summed E-state index contributed by atoms with van der Waals surface area (Å²) in [5.41, 5.74) is 2.21. The Kier molecular flexibility index (Phi) is 4.77. The molecule has 0 saturated carbocycles. The summed E-state index contributed by atoms with van der Waals surface area (Å²) in [6.45, 7) is 3.80. The van der Waals surface area contributed by atoms with Gasteiger partial charge in [-0.05, 0) is 24.1 Å². The van der Waals surface area contributed by atoms with Crippen molar-refractivity contribution in [2.75, 3.05) is 13.1 Å². The summed E-state index contributed by atoms with van der Waals surface area (Å²) in [6.07, 6.45) is -0.168. The number of carboxylic acids is 1. The molecule has 108 valence electrons. The van der Waals surface area contributed by atoms with Gasteiger partial charge < -0.3 is 10.4 Å². The van der Waals surface area contributed by atoms with Gasteiger partial charge in [0, 0.05) is 24.1 Å². The molecule has 1 aliphatic heterocycles.